The first-order valence-electron chi connectivity index (χ1n) is 9.74. The van der Waals surface area contributed by atoms with Crippen molar-refractivity contribution < 1.29 is 43.9 Å². The van der Waals surface area contributed by atoms with Crippen molar-refractivity contribution in [2.24, 2.45) is 0 Å². The summed E-state index contributed by atoms with van der Waals surface area (Å²) in [7, 11) is 0. The molecule has 13 heteroatoms. The van der Waals surface area contributed by atoms with Gasteiger partial charge >= 0.3 is 24.2 Å². The fourth-order valence-electron chi connectivity index (χ4n) is 2.83. The van der Waals surface area contributed by atoms with E-state index in [2.05, 4.69) is 0 Å². The lowest BCUT2D eigenvalue weighted by molar-refractivity contribution is -0.284. The van der Waals surface area contributed by atoms with E-state index in [9.17, 15) is 43.9 Å². The maximum Gasteiger partial charge on any atom is 0.453 e. The monoisotopic (exact) mass is 534 g/mol. The molecule has 0 aromatic carbocycles. The Morgan fingerprint density at radius 3 is 1.06 bits per heavy atom. The molecule has 2 atom stereocenters. The van der Waals surface area contributed by atoms with Gasteiger partial charge in [-0.3, -0.25) is 0 Å². The molecule has 0 N–H and O–H groups in total. The van der Waals surface area contributed by atoms with Crippen LogP contribution in [0, 0.1) is 0 Å². The summed E-state index contributed by atoms with van der Waals surface area (Å²) in [5.41, 5.74) is 0. The van der Waals surface area contributed by atoms with Crippen LogP contribution in [0.2, 0.25) is 0 Å². The van der Waals surface area contributed by atoms with Crippen molar-refractivity contribution in [3.05, 3.63) is 0 Å². The van der Waals surface area contributed by atoms with Gasteiger partial charge in [0.2, 0.25) is 0 Å². The lowest BCUT2D eigenvalue weighted by atomic mass is 10.1. The summed E-state index contributed by atoms with van der Waals surface area (Å²) in [6.45, 7) is 0. The Morgan fingerprint density at radius 2 is 0.806 bits per heavy atom. The summed E-state index contributed by atoms with van der Waals surface area (Å²) < 4.78 is 126. The minimum Gasteiger partial charge on any atom is -0.196 e. The lowest BCUT2D eigenvalue weighted by Gasteiger charge is -2.26. The quantitative estimate of drug-likeness (QED) is 0.140. The van der Waals surface area contributed by atoms with Gasteiger partial charge in [-0.1, -0.05) is 0 Å². The maximum absolute atomic E-state index is 13.1. The van der Waals surface area contributed by atoms with Crippen LogP contribution in [-0.4, -0.2) is 46.5 Å². The molecule has 0 saturated heterocycles. The predicted octanol–water partition coefficient (Wildman–Crippen LogP) is 9.23. The molecular weight excluding hydrogens is 509 g/mol. The van der Waals surface area contributed by atoms with Gasteiger partial charge in [0.05, 0.1) is 0 Å². The Kier molecular flexibility index (Phi) is 13.9. The van der Waals surface area contributed by atoms with Crippen LogP contribution in [0.3, 0.4) is 0 Å². The average Bonchev–Trinajstić information content (AvgIpc) is 2.61. The van der Waals surface area contributed by atoms with Crippen molar-refractivity contribution in [2.45, 2.75) is 98.9 Å². The zero-order valence-electron chi connectivity index (χ0n) is 16.6. The third-order valence-electron chi connectivity index (χ3n) is 4.57. The second-order valence-electron chi connectivity index (χ2n) is 7.23. The highest BCUT2D eigenvalue weighted by Gasteiger charge is 2.57. The first-order valence-corrected chi connectivity index (χ1v) is 11.7. The van der Waals surface area contributed by atoms with Crippen molar-refractivity contribution >= 4 is 35.0 Å². The molecule has 0 fully saturated rings. The van der Waals surface area contributed by atoms with Gasteiger partial charge in [-0.05, 0) is 51.4 Å². The normalized spacial score (nSPS) is 15.9. The molecular formula is C18H26Cl2F10S. The number of thioether (sulfide) groups is 1. The zero-order chi connectivity index (χ0) is 24.3. The Morgan fingerprint density at radius 1 is 0.516 bits per heavy atom. The van der Waals surface area contributed by atoms with E-state index >= 15 is 0 Å². The first-order chi connectivity index (χ1) is 14.1. The molecule has 0 heterocycles. The first kappa shape index (κ1) is 31.2. The predicted molar refractivity (Wildman–Crippen MR) is 105 cm³/mol. The van der Waals surface area contributed by atoms with Crippen LogP contribution in [0.25, 0.3) is 0 Å². The van der Waals surface area contributed by atoms with Crippen LogP contribution in [0.4, 0.5) is 43.9 Å². The van der Waals surface area contributed by atoms with E-state index in [-0.39, 0.29) is 35.1 Å². The maximum atomic E-state index is 13.1. The Labute approximate surface area is 189 Å². The van der Waals surface area contributed by atoms with Gasteiger partial charge in [0.15, 0.2) is 0 Å². The van der Waals surface area contributed by atoms with Crippen LogP contribution >= 0.6 is 35.0 Å². The van der Waals surface area contributed by atoms with Crippen LogP contribution in [0.15, 0.2) is 0 Å². The smallest absolute Gasteiger partial charge is 0.196 e. The van der Waals surface area contributed by atoms with Crippen LogP contribution in [-0.2, 0) is 0 Å². The summed E-state index contributed by atoms with van der Waals surface area (Å²) >= 11 is 12.5. The van der Waals surface area contributed by atoms with E-state index in [0.717, 1.165) is 0 Å². The molecule has 0 rings (SSSR count). The fourth-order valence-corrected chi connectivity index (χ4v) is 4.89. The van der Waals surface area contributed by atoms with Crippen LogP contribution in [0.1, 0.15) is 64.2 Å². The van der Waals surface area contributed by atoms with Crippen molar-refractivity contribution in [2.75, 3.05) is 11.8 Å². The molecule has 0 amide bonds. The molecule has 0 aromatic heterocycles. The van der Waals surface area contributed by atoms with Crippen molar-refractivity contribution in [1.82, 2.24) is 0 Å². The molecule has 0 aromatic rings. The van der Waals surface area contributed by atoms with Gasteiger partial charge in [0, 0.05) is 35.1 Å². The Bertz CT molecular complexity index is 441. The number of halogens is 12. The average molecular weight is 535 g/mol. The summed E-state index contributed by atoms with van der Waals surface area (Å²) in [5.74, 6) is -9.15. The topological polar surface area (TPSA) is 0 Å². The van der Waals surface area contributed by atoms with Crippen LogP contribution in [0.5, 0.6) is 0 Å². The summed E-state index contributed by atoms with van der Waals surface area (Å²) in [5, 5.41) is -0.738. The summed E-state index contributed by atoms with van der Waals surface area (Å²) in [6.07, 6.45) is -13.1. The molecule has 188 valence electrons. The minimum atomic E-state index is -5.64. The minimum absolute atomic E-state index is 0.0172. The van der Waals surface area contributed by atoms with Gasteiger partial charge in [-0.15, -0.1) is 23.2 Å². The summed E-state index contributed by atoms with van der Waals surface area (Å²) in [6, 6.07) is 0. The number of hydrogen-bond acceptors (Lipinski definition) is 1. The van der Waals surface area contributed by atoms with E-state index in [1.807, 2.05) is 0 Å². The second kappa shape index (κ2) is 13.8. The van der Waals surface area contributed by atoms with Crippen LogP contribution < -0.4 is 0 Å². The molecule has 0 aliphatic rings. The second-order valence-corrected chi connectivity index (χ2v) is 9.59. The third kappa shape index (κ3) is 12.3. The van der Waals surface area contributed by atoms with E-state index in [4.69, 9.17) is 23.2 Å². The number of hydrogen-bond donors (Lipinski definition) is 0. The van der Waals surface area contributed by atoms with Gasteiger partial charge < -0.3 is 0 Å². The molecule has 31 heavy (non-hydrogen) atoms. The SMILES string of the molecule is FC(F)(F)C(F)(F)CCCC(CCCCl)SC(CCCCl)CCCC(F)(F)C(F)(F)F. The largest absolute Gasteiger partial charge is 0.453 e. The van der Waals surface area contributed by atoms with E-state index in [1.165, 1.54) is 11.8 Å². The van der Waals surface area contributed by atoms with E-state index in [0.29, 0.717) is 25.7 Å². The Hall–Kier alpha value is 0.230. The molecule has 0 nitrogen and oxygen atoms in total. The third-order valence-corrected chi connectivity index (χ3v) is 6.81. The van der Waals surface area contributed by atoms with Gasteiger partial charge in [-0.25, -0.2) is 0 Å². The Balaban J connectivity index is 4.91. The molecule has 2 unspecified atom stereocenters. The molecule has 0 aliphatic heterocycles. The highest BCUT2D eigenvalue weighted by atomic mass is 35.5. The molecule has 0 bridgehead atoms. The lowest BCUT2D eigenvalue weighted by Crippen LogP contribution is -2.36. The van der Waals surface area contributed by atoms with Gasteiger partial charge in [0.1, 0.15) is 0 Å². The molecule has 0 spiro atoms. The molecule has 0 radical (unpaired) electrons. The molecule has 0 aliphatic carbocycles. The van der Waals surface area contributed by atoms with Gasteiger partial charge in [0.25, 0.3) is 0 Å². The van der Waals surface area contributed by atoms with E-state index < -0.39 is 49.9 Å². The highest BCUT2D eigenvalue weighted by molar-refractivity contribution is 8.00. The standard InChI is InChI=1S/C18H26Cl2F10S/c19-11-3-7-13(5-1-9-15(21,22)17(25,26)27)31-14(8-4-12-20)6-2-10-16(23,24)18(28,29)30/h13-14H,1-12H2. The summed E-state index contributed by atoms with van der Waals surface area (Å²) in [4.78, 5) is 0. The van der Waals surface area contributed by atoms with Crippen molar-refractivity contribution in [3.63, 3.8) is 0 Å². The van der Waals surface area contributed by atoms with E-state index in [1.54, 1.807) is 0 Å². The number of rotatable bonds is 16. The molecule has 0 saturated carbocycles. The fraction of sp³-hybridized carbons (Fsp3) is 1.00. The van der Waals surface area contributed by atoms with Crippen molar-refractivity contribution in [3.8, 4) is 0 Å². The zero-order valence-corrected chi connectivity index (χ0v) is 18.9. The van der Waals surface area contributed by atoms with Gasteiger partial charge in [-0.2, -0.15) is 55.7 Å². The number of alkyl halides is 12. The highest BCUT2D eigenvalue weighted by Crippen LogP contribution is 2.42. The van der Waals surface area contributed by atoms with Crippen molar-refractivity contribution in [1.29, 1.82) is 0 Å².